The van der Waals surface area contributed by atoms with Crippen molar-refractivity contribution in [3.8, 4) is 5.75 Å². The summed E-state index contributed by atoms with van der Waals surface area (Å²) in [7, 11) is 0. The number of hydrogen-bond acceptors (Lipinski definition) is 4. The molecule has 6 heteroatoms. The molecule has 1 N–H and O–H groups in total. The molecule has 1 unspecified atom stereocenters. The summed E-state index contributed by atoms with van der Waals surface area (Å²) in [6, 6.07) is 14.2. The molecular weight excluding hydrogens is 354 g/mol. The number of ether oxygens (including phenoxy) is 1. The Kier molecular flexibility index (Phi) is 7.12. The van der Waals surface area contributed by atoms with Gasteiger partial charge in [-0.3, -0.25) is 4.90 Å². The van der Waals surface area contributed by atoms with Gasteiger partial charge >= 0.3 is 6.03 Å². The number of hydrogen-bond donors (Lipinski definition) is 1. The van der Waals surface area contributed by atoms with E-state index in [0.29, 0.717) is 19.6 Å². The van der Waals surface area contributed by atoms with Gasteiger partial charge in [0.05, 0.1) is 0 Å². The monoisotopic (exact) mass is 385 g/mol. The average Bonchev–Trinajstić information content (AvgIpc) is 2.73. The largest absolute Gasteiger partial charge is 0.490 e. The number of piperazine rings is 1. The fraction of sp³-hybridized carbons (Fsp3) is 0.500. The van der Waals surface area contributed by atoms with E-state index >= 15 is 0 Å². The van der Waals surface area contributed by atoms with Crippen molar-refractivity contribution in [2.24, 2.45) is 0 Å². The summed E-state index contributed by atoms with van der Waals surface area (Å²) >= 11 is 0. The highest BCUT2D eigenvalue weighted by Gasteiger charge is 2.25. The lowest BCUT2D eigenvalue weighted by Crippen LogP contribution is -2.54. The number of benzene rings is 2. The van der Waals surface area contributed by atoms with Crippen LogP contribution in [0.15, 0.2) is 42.5 Å². The quantitative estimate of drug-likeness (QED) is 0.796. The first-order valence-electron chi connectivity index (χ1n) is 10.2. The van der Waals surface area contributed by atoms with Crippen LogP contribution < -0.4 is 4.74 Å². The molecule has 1 fully saturated rings. The van der Waals surface area contributed by atoms with Crippen molar-refractivity contribution in [2.75, 3.05) is 52.4 Å². The molecule has 0 spiro atoms. The van der Waals surface area contributed by atoms with E-state index in [0.717, 1.165) is 42.7 Å². The van der Waals surface area contributed by atoms with Crippen LogP contribution in [0.25, 0.3) is 10.8 Å². The van der Waals surface area contributed by atoms with Gasteiger partial charge in [0.25, 0.3) is 0 Å². The highest BCUT2D eigenvalue weighted by atomic mass is 16.5. The van der Waals surface area contributed by atoms with Crippen molar-refractivity contribution >= 4 is 16.8 Å². The molecule has 0 bridgehead atoms. The fourth-order valence-electron chi connectivity index (χ4n) is 3.67. The third-order valence-electron chi connectivity index (χ3n) is 5.33. The Bertz CT molecular complexity index is 765. The lowest BCUT2D eigenvalue weighted by Gasteiger charge is -2.37. The summed E-state index contributed by atoms with van der Waals surface area (Å²) in [6.45, 7) is 9.24. The van der Waals surface area contributed by atoms with Crippen LogP contribution >= 0.6 is 0 Å². The van der Waals surface area contributed by atoms with Gasteiger partial charge in [-0.1, -0.05) is 36.4 Å². The van der Waals surface area contributed by atoms with E-state index in [1.54, 1.807) is 0 Å². The van der Waals surface area contributed by atoms with E-state index < -0.39 is 6.10 Å². The van der Waals surface area contributed by atoms with Crippen LogP contribution in [-0.2, 0) is 0 Å². The molecule has 2 aromatic carbocycles. The molecule has 1 atom stereocenters. The van der Waals surface area contributed by atoms with Crippen molar-refractivity contribution in [2.45, 2.75) is 20.0 Å². The van der Waals surface area contributed by atoms with Gasteiger partial charge in [0, 0.05) is 51.2 Å². The smallest absolute Gasteiger partial charge is 0.320 e. The first kappa shape index (κ1) is 20.4. The number of nitrogens with zero attached hydrogens (tertiary/aromatic N) is 3. The molecule has 6 nitrogen and oxygen atoms in total. The predicted molar refractivity (Wildman–Crippen MR) is 112 cm³/mol. The number of β-amino-alcohol motifs (C(OH)–C–C–N with tert-alkyl or cyclic N) is 1. The van der Waals surface area contributed by atoms with Crippen LogP contribution in [0.2, 0.25) is 0 Å². The molecule has 0 radical (unpaired) electrons. The first-order valence-corrected chi connectivity index (χ1v) is 10.2. The number of aliphatic hydroxyl groups excluding tert-OH is 1. The fourth-order valence-corrected chi connectivity index (χ4v) is 3.67. The van der Waals surface area contributed by atoms with Crippen molar-refractivity contribution in [1.82, 2.24) is 14.7 Å². The highest BCUT2D eigenvalue weighted by Crippen LogP contribution is 2.25. The Morgan fingerprint density at radius 3 is 2.46 bits per heavy atom. The Labute approximate surface area is 167 Å². The third kappa shape index (κ3) is 4.94. The van der Waals surface area contributed by atoms with Crippen LogP contribution in [0.1, 0.15) is 13.8 Å². The summed E-state index contributed by atoms with van der Waals surface area (Å²) in [5.41, 5.74) is 0. The molecule has 0 aliphatic carbocycles. The van der Waals surface area contributed by atoms with Crippen LogP contribution in [0.4, 0.5) is 4.79 Å². The van der Waals surface area contributed by atoms with Crippen LogP contribution in [-0.4, -0.2) is 84.4 Å². The van der Waals surface area contributed by atoms with Gasteiger partial charge in [0.2, 0.25) is 0 Å². The molecule has 1 saturated heterocycles. The van der Waals surface area contributed by atoms with Gasteiger partial charge in [-0.25, -0.2) is 4.79 Å². The second-order valence-corrected chi connectivity index (χ2v) is 7.18. The van der Waals surface area contributed by atoms with Crippen molar-refractivity contribution < 1.29 is 14.6 Å². The second kappa shape index (κ2) is 9.75. The standard InChI is InChI=1S/C22H31N3O3/c1-3-24(4-2)22(27)25-14-12-23(13-15-25)16-19(26)17-28-21-11-7-9-18-8-5-6-10-20(18)21/h5-11,19,26H,3-4,12-17H2,1-2H3. The summed E-state index contributed by atoms with van der Waals surface area (Å²) in [4.78, 5) is 18.4. The summed E-state index contributed by atoms with van der Waals surface area (Å²) in [6.07, 6.45) is -0.566. The molecule has 1 aliphatic heterocycles. The molecule has 2 amide bonds. The lowest BCUT2D eigenvalue weighted by molar-refractivity contribution is 0.0487. The number of amides is 2. The normalized spacial score (nSPS) is 16.2. The zero-order valence-corrected chi connectivity index (χ0v) is 16.9. The lowest BCUT2D eigenvalue weighted by atomic mass is 10.1. The topological polar surface area (TPSA) is 56.3 Å². The number of carbonyl (C=O) groups is 1. The van der Waals surface area contributed by atoms with Crippen LogP contribution in [0.5, 0.6) is 5.75 Å². The Hall–Kier alpha value is -2.31. The van der Waals surface area contributed by atoms with E-state index in [1.807, 2.05) is 54.0 Å². The van der Waals surface area contributed by atoms with E-state index in [4.69, 9.17) is 4.74 Å². The molecule has 3 rings (SSSR count). The second-order valence-electron chi connectivity index (χ2n) is 7.18. The van der Waals surface area contributed by atoms with Crippen molar-refractivity contribution in [1.29, 1.82) is 0 Å². The number of fused-ring (bicyclic) bond motifs is 1. The van der Waals surface area contributed by atoms with Gasteiger partial charge in [-0.2, -0.15) is 0 Å². The first-order chi connectivity index (χ1) is 13.6. The van der Waals surface area contributed by atoms with Crippen molar-refractivity contribution in [3.05, 3.63) is 42.5 Å². The summed E-state index contributed by atoms with van der Waals surface area (Å²) in [5.74, 6) is 0.798. The predicted octanol–water partition coefficient (Wildman–Crippen LogP) is 2.66. The minimum absolute atomic E-state index is 0.115. The minimum atomic E-state index is -0.566. The molecule has 0 saturated carbocycles. The van der Waals surface area contributed by atoms with Crippen LogP contribution in [0, 0.1) is 0 Å². The number of rotatable bonds is 7. The SMILES string of the molecule is CCN(CC)C(=O)N1CCN(CC(O)COc2cccc3ccccc23)CC1. The Morgan fingerprint density at radius 2 is 1.75 bits per heavy atom. The van der Waals surface area contributed by atoms with Crippen LogP contribution in [0.3, 0.4) is 0 Å². The number of aliphatic hydroxyl groups is 1. The average molecular weight is 386 g/mol. The maximum Gasteiger partial charge on any atom is 0.320 e. The highest BCUT2D eigenvalue weighted by molar-refractivity contribution is 5.88. The maximum absolute atomic E-state index is 12.4. The molecule has 1 heterocycles. The van der Waals surface area contributed by atoms with E-state index in [1.165, 1.54) is 0 Å². The number of urea groups is 1. The van der Waals surface area contributed by atoms with E-state index in [2.05, 4.69) is 17.0 Å². The van der Waals surface area contributed by atoms with Gasteiger partial charge in [-0.05, 0) is 25.3 Å². The van der Waals surface area contributed by atoms with Crippen molar-refractivity contribution in [3.63, 3.8) is 0 Å². The molecule has 1 aliphatic rings. The van der Waals surface area contributed by atoms with Gasteiger partial charge < -0.3 is 19.6 Å². The minimum Gasteiger partial charge on any atom is -0.490 e. The maximum atomic E-state index is 12.4. The van der Waals surface area contributed by atoms with Gasteiger partial charge in [0.15, 0.2) is 0 Å². The Morgan fingerprint density at radius 1 is 1.07 bits per heavy atom. The number of carbonyl (C=O) groups excluding carboxylic acids is 1. The molecule has 28 heavy (non-hydrogen) atoms. The zero-order valence-electron chi connectivity index (χ0n) is 16.9. The third-order valence-corrected chi connectivity index (χ3v) is 5.33. The van der Waals surface area contributed by atoms with E-state index in [9.17, 15) is 9.90 Å². The molecule has 152 valence electrons. The van der Waals surface area contributed by atoms with E-state index in [-0.39, 0.29) is 12.6 Å². The molecule has 0 aromatic heterocycles. The zero-order chi connectivity index (χ0) is 19.9. The molecular formula is C22H31N3O3. The summed E-state index contributed by atoms with van der Waals surface area (Å²) < 4.78 is 5.89. The van der Waals surface area contributed by atoms with Gasteiger partial charge in [-0.15, -0.1) is 0 Å². The summed E-state index contributed by atoms with van der Waals surface area (Å²) in [5, 5.41) is 12.6. The molecule has 2 aromatic rings. The van der Waals surface area contributed by atoms with Gasteiger partial charge in [0.1, 0.15) is 18.5 Å². The Balaban J connectivity index is 1.46.